The number of benzene rings is 1. The van der Waals surface area contributed by atoms with Gasteiger partial charge in [0.1, 0.15) is 0 Å². The average molecular weight is 343 g/mol. The Kier molecular flexibility index (Phi) is 7.49. The van der Waals surface area contributed by atoms with Crippen LogP contribution in [-0.4, -0.2) is 29.8 Å². The first-order valence-corrected chi connectivity index (χ1v) is 9.10. The molecule has 1 amide bonds. The lowest BCUT2D eigenvalue weighted by Crippen LogP contribution is -2.42. The first-order chi connectivity index (χ1) is 12.0. The quantitative estimate of drug-likeness (QED) is 0.807. The van der Waals surface area contributed by atoms with Crippen molar-refractivity contribution >= 4 is 5.91 Å². The van der Waals surface area contributed by atoms with Crippen molar-refractivity contribution in [3.8, 4) is 11.8 Å². The Hall–Kier alpha value is -1.83. The largest absolute Gasteiger partial charge is 0.395 e. The first kappa shape index (κ1) is 19.5. The lowest BCUT2D eigenvalue weighted by Gasteiger charge is -2.36. The second-order valence-corrected chi connectivity index (χ2v) is 7.14. The number of ether oxygens (including phenoxy) is 1. The fraction of sp³-hybridized carbons (Fsp3) is 0.571. The molecule has 2 rings (SSSR count). The number of carbonyl (C=O) groups excluding carboxylic acids is 1. The van der Waals surface area contributed by atoms with Gasteiger partial charge < -0.3 is 15.2 Å². The van der Waals surface area contributed by atoms with Crippen LogP contribution in [0.1, 0.15) is 63.7 Å². The monoisotopic (exact) mass is 343 g/mol. The maximum absolute atomic E-state index is 11.5. The third-order valence-electron chi connectivity index (χ3n) is 4.30. The van der Waals surface area contributed by atoms with Crippen molar-refractivity contribution in [1.29, 1.82) is 0 Å². The molecule has 1 aliphatic rings. The Morgan fingerprint density at radius 1 is 1.32 bits per heavy atom. The smallest absolute Gasteiger partial charge is 0.217 e. The number of nitrogens with one attached hydrogen (secondary N) is 1. The SMILES string of the molecule is CC(=O)N[C@@H]1C[C@H](CC(C)C)O[C@H](c2ccc(C#CCCO)cc2)C1. The van der Waals surface area contributed by atoms with E-state index in [1.165, 1.54) is 0 Å². The minimum Gasteiger partial charge on any atom is -0.395 e. The highest BCUT2D eigenvalue weighted by molar-refractivity contribution is 5.73. The molecule has 0 spiro atoms. The van der Waals surface area contributed by atoms with Crippen molar-refractivity contribution in [3.63, 3.8) is 0 Å². The van der Waals surface area contributed by atoms with Crippen LogP contribution in [0.15, 0.2) is 24.3 Å². The van der Waals surface area contributed by atoms with E-state index in [1.807, 2.05) is 12.1 Å². The fourth-order valence-corrected chi connectivity index (χ4v) is 3.31. The third-order valence-corrected chi connectivity index (χ3v) is 4.30. The summed E-state index contributed by atoms with van der Waals surface area (Å²) in [6.07, 6.45) is 3.32. The van der Waals surface area contributed by atoms with Crippen LogP contribution in [0.5, 0.6) is 0 Å². The van der Waals surface area contributed by atoms with Crippen LogP contribution in [0.3, 0.4) is 0 Å². The van der Waals surface area contributed by atoms with E-state index in [0.717, 1.165) is 30.4 Å². The summed E-state index contributed by atoms with van der Waals surface area (Å²) < 4.78 is 6.31. The standard InChI is InChI=1S/C21H29NO3/c1-15(2)12-20-13-19(22-16(3)24)14-21(25-20)18-9-7-17(8-10-18)6-4-5-11-23/h7-10,15,19-21,23H,5,11-14H2,1-3H3,(H,22,24)/t19-,20+,21+/m1/s1. The van der Waals surface area contributed by atoms with Crippen molar-refractivity contribution in [2.45, 2.75) is 64.7 Å². The van der Waals surface area contributed by atoms with Crippen LogP contribution >= 0.6 is 0 Å². The van der Waals surface area contributed by atoms with E-state index in [-0.39, 0.29) is 30.8 Å². The Balaban J connectivity index is 2.09. The zero-order valence-electron chi connectivity index (χ0n) is 15.4. The highest BCUT2D eigenvalue weighted by atomic mass is 16.5. The molecule has 1 fully saturated rings. The van der Waals surface area contributed by atoms with E-state index in [9.17, 15) is 4.79 Å². The molecule has 136 valence electrons. The third kappa shape index (κ3) is 6.53. The lowest BCUT2D eigenvalue weighted by molar-refractivity contribution is -0.122. The summed E-state index contributed by atoms with van der Waals surface area (Å²) in [5.74, 6) is 6.54. The van der Waals surface area contributed by atoms with Crippen LogP contribution in [-0.2, 0) is 9.53 Å². The molecule has 4 nitrogen and oxygen atoms in total. The first-order valence-electron chi connectivity index (χ1n) is 9.10. The molecule has 0 saturated carbocycles. The number of aliphatic hydroxyl groups excluding tert-OH is 1. The molecule has 0 radical (unpaired) electrons. The van der Waals surface area contributed by atoms with Gasteiger partial charge in [0.05, 0.1) is 18.8 Å². The van der Waals surface area contributed by atoms with Gasteiger partial charge in [0, 0.05) is 24.9 Å². The normalized spacial score (nSPS) is 23.0. The van der Waals surface area contributed by atoms with Crippen molar-refractivity contribution in [3.05, 3.63) is 35.4 Å². The Labute approximate surface area is 151 Å². The average Bonchev–Trinajstić information content (AvgIpc) is 2.54. The topological polar surface area (TPSA) is 58.6 Å². The van der Waals surface area contributed by atoms with Gasteiger partial charge in [-0.3, -0.25) is 4.79 Å². The Morgan fingerprint density at radius 3 is 2.64 bits per heavy atom. The minimum absolute atomic E-state index is 0.00574. The molecular weight excluding hydrogens is 314 g/mol. The second kappa shape index (κ2) is 9.60. The molecule has 4 heteroatoms. The number of rotatable bonds is 5. The van der Waals surface area contributed by atoms with E-state index in [4.69, 9.17) is 9.84 Å². The van der Waals surface area contributed by atoms with Gasteiger partial charge in [0.15, 0.2) is 0 Å². The zero-order chi connectivity index (χ0) is 18.2. The molecule has 1 aromatic carbocycles. The van der Waals surface area contributed by atoms with Gasteiger partial charge in [-0.25, -0.2) is 0 Å². The summed E-state index contributed by atoms with van der Waals surface area (Å²) in [5.41, 5.74) is 2.06. The summed E-state index contributed by atoms with van der Waals surface area (Å²) in [6.45, 7) is 6.05. The number of amides is 1. The van der Waals surface area contributed by atoms with Crippen molar-refractivity contribution in [1.82, 2.24) is 5.32 Å². The number of aliphatic hydroxyl groups is 1. The van der Waals surface area contributed by atoms with Crippen LogP contribution < -0.4 is 5.32 Å². The van der Waals surface area contributed by atoms with E-state index < -0.39 is 0 Å². The van der Waals surface area contributed by atoms with Gasteiger partial charge >= 0.3 is 0 Å². The number of carbonyl (C=O) groups is 1. The van der Waals surface area contributed by atoms with Gasteiger partial charge in [-0.2, -0.15) is 0 Å². The molecule has 1 aliphatic heterocycles. The van der Waals surface area contributed by atoms with E-state index >= 15 is 0 Å². The maximum Gasteiger partial charge on any atom is 0.217 e. The Bertz CT molecular complexity index is 612. The number of hydrogen-bond acceptors (Lipinski definition) is 3. The molecule has 1 aromatic rings. The molecule has 0 aromatic heterocycles. The molecule has 0 unspecified atom stereocenters. The van der Waals surface area contributed by atoms with Crippen molar-refractivity contribution in [2.24, 2.45) is 5.92 Å². The van der Waals surface area contributed by atoms with Gasteiger partial charge in [0.25, 0.3) is 0 Å². The zero-order valence-corrected chi connectivity index (χ0v) is 15.4. The predicted molar refractivity (Wildman–Crippen MR) is 98.9 cm³/mol. The van der Waals surface area contributed by atoms with Gasteiger partial charge in [-0.1, -0.05) is 37.8 Å². The van der Waals surface area contributed by atoms with Gasteiger partial charge in [-0.05, 0) is 42.9 Å². The van der Waals surface area contributed by atoms with Crippen LogP contribution in [0, 0.1) is 17.8 Å². The summed E-state index contributed by atoms with van der Waals surface area (Å²) in [4.78, 5) is 11.5. The fourth-order valence-electron chi connectivity index (χ4n) is 3.31. The minimum atomic E-state index is -0.00574. The van der Waals surface area contributed by atoms with Crippen LogP contribution in [0.25, 0.3) is 0 Å². The highest BCUT2D eigenvalue weighted by Gasteiger charge is 2.31. The van der Waals surface area contributed by atoms with Crippen molar-refractivity contribution in [2.75, 3.05) is 6.61 Å². The molecule has 3 atom stereocenters. The highest BCUT2D eigenvalue weighted by Crippen LogP contribution is 2.33. The number of hydrogen-bond donors (Lipinski definition) is 2. The molecule has 25 heavy (non-hydrogen) atoms. The van der Waals surface area contributed by atoms with Gasteiger partial charge in [-0.15, -0.1) is 0 Å². The summed E-state index contributed by atoms with van der Waals surface area (Å²) in [5, 5.41) is 11.8. The summed E-state index contributed by atoms with van der Waals surface area (Å²) in [7, 11) is 0. The lowest BCUT2D eigenvalue weighted by atomic mass is 9.90. The van der Waals surface area contributed by atoms with Crippen LogP contribution in [0.4, 0.5) is 0 Å². The van der Waals surface area contributed by atoms with E-state index in [0.29, 0.717) is 12.3 Å². The molecule has 0 aliphatic carbocycles. The maximum atomic E-state index is 11.5. The van der Waals surface area contributed by atoms with E-state index in [2.05, 4.69) is 43.1 Å². The summed E-state index contributed by atoms with van der Waals surface area (Å²) in [6, 6.07) is 8.24. The Morgan fingerprint density at radius 2 is 2.04 bits per heavy atom. The molecule has 0 bridgehead atoms. The predicted octanol–water partition coefficient (Wildman–Crippen LogP) is 3.19. The van der Waals surface area contributed by atoms with Crippen LogP contribution in [0.2, 0.25) is 0 Å². The molecular formula is C21H29NO3. The van der Waals surface area contributed by atoms with Crippen molar-refractivity contribution < 1.29 is 14.6 Å². The second-order valence-electron chi connectivity index (χ2n) is 7.14. The molecule has 2 N–H and O–H groups in total. The molecule has 1 heterocycles. The van der Waals surface area contributed by atoms with Gasteiger partial charge in [0.2, 0.25) is 5.91 Å². The van der Waals surface area contributed by atoms with E-state index in [1.54, 1.807) is 6.92 Å². The molecule has 1 saturated heterocycles. The summed E-state index contributed by atoms with van der Waals surface area (Å²) >= 11 is 0.